The molecule has 0 unspecified atom stereocenters. The third kappa shape index (κ3) is 2.59. The highest BCUT2D eigenvalue weighted by molar-refractivity contribution is 5.94. The van der Waals surface area contributed by atoms with E-state index in [1.54, 1.807) is 31.3 Å². The van der Waals surface area contributed by atoms with Gasteiger partial charge in [0.25, 0.3) is 0 Å². The fourth-order valence-corrected chi connectivity index (χ4v) is 1.57. The van der Waals surface area contributed by atoms with Crippen molar-refractivity contribution in [2.45, 2.75) is 20.8 Å². The number of rotatable bonds is 1. The van der Waals surface area contributed by atoms with E-state index < -0.39 is 5.97 Å². The zero-order chi connectivity index (χ0) is 13.7. The predicted molar refractivity (Wildman–Crippen MR) is 72.0 cm³/mol. The maximum atomic E-state index is 11.8. The minimum atomic E-state index is -0.442. The summed E-state index contributed by atoms with van der Waals surface area (Å²) in [6.45, 7) is 5.73. The molecule has 0 spiro atoms. The monoisotopic (exact) mass is 247 g/mol. The molecule has 0 fully saturated rings. The molecule has 18 heavy (non-hydrogen) atoms. The average Bonchev–Trinajstić information content (AvgIpc) is 2.44. The first-order chi connectivity index (χ1) is 8.63. The van der Waals surface area contributed by atoms with Gasteiger partial charge >= 0.3 is 5.97 Å². The van der Waals surface area contributed by atoms with Crippen LogP contribution >= 0.6 is 0 Å². The van der Waals surface area contributed by atoms with E-state index in [1.165, 1.54) is 7.11 Å². The molecule has 1 aromatic heterocycles. The van der Waals surface area contributed by atoms with E-state index in [1.807, 2.05) is 13.8 Å². The van der Waals surface area contributed by atoms with Crippen LogP contribution in [0.1, 0.15) is 29.8 Å². The van der Waals surface area contributed by atoms with Crippen molar-refractivity contribution in [2.24, 2.45) is 0 Å². The summed E-state index contributed by atoms with van der Waals surface area (Å²) in [4.78, 5) is 26.1. The molecule has 0 saturated carbocycles. The van der Waals surface area contributed by atoms with Crippen molar-refractivity contribution in [2.75, 3.05) is 7.11 Å². The Labute approximate surface area is 106 Å². The second-order valence-electron chi connectivity index (χ2n) is 3.55. The number of aryl methyl sites for hydroxylation is 1. The first-order valence-corrected chi connectivity index (χ1v) is 5.84. The number of hydrogen-bond donors (Lipinski definition) is 1. The Balaban J connectivity index is 0.000000771. The number of ether oxygens (including phenoxy) is 1. The Morgan fingerprint density at radius 3 is 2.56 bits per heavy atom. The van der Waals surface area contributed by atoms with Gasteiger partial charge in [-0.15, -0.1) is 0 Å². The minimum Gasteiger partial charge on any atom is -0.465 e. The minimum absolute atomic E-state index is 0.0699. The number of pyridine rings is 1. The van der Waals surface area contributed by atoms with Crippen LogP contribution in [-0.4, -0.2) is 18.1 Å². The summed E-state index contributed by atoms with van der Waals surface area (Å²) in [6.07, 6.45) is 1.66. The average molecular weight is 247 g/mol. The van der Waals surface area contributed by atoms with Crippen molar-refractivity contribution < 1.29 is 9.53 Å². The van der Waals surface area contributed by atoms with Gasteiger partial charge in [-0.05, 0) is 25.1 Å². The number of carbonyl (C=O) groups is 1. The van der Waals surface area contributed by atoms with E-state index >= 15 is 0 Å². The Morgan fingerprint density at radius 1 is 1.28 bits per heavy atom. The molecule has 2 aromatic rings. The van der Waals surface area contributed by atoms with Crippen LogP contribution in [0.5, 0.6) is 0 Å². The molecule has 0 radical (unpaired) electrons. The van der Waals surface area contributed by atoms with E-state index in [0.29, 0.717) is 22.0 Å². The lowest BCUT2D eigenvalue weighted by Gasteiger charge is -2.02. The van der Waals surface area contributed by atoms with Crippen LogP contribution in [0.4, 0.5) is 0 Å². The van der Waals surface area contributed by atoms with Crippen LogP contribution in [0.2, 0.25) is 0 Å². The number of fused-ring (bicyclic) bond motifs is 1. The number of aromatic nitrogens is 1. The summed E-state index contributed by atoms with van der Waals surface area (Å²) in [7, 11) is 1.31. The SMILES string of the molecule is CC.COC(=O)c1ccc2[nH]cc(C)c(=O)c2c1. The van der Waals surface area contributed by atoms with Crippen LogP contribution in [0.15, 0.2) is 29.2 Å². The van der Waals surface area contributed by atoms with Crippen molar-refractivity contribution in [1.82, 2.24) is 4.98 Å². The fraction of sp³-hybridized carbons (Fsp3) is 0.286. The fourth-order valence-electron chi connectivity index (χ4n) is 1.57. The Hall–Kier alpha value is -2.10. The topological polar surface area (TPSA) is 59.2 Å². The quantitative estimate of drug-likeness (QED) is 0.788. The van der Waals surface area contributed by atoms with E-state index in [9.17, 15) is 9.59 Å². The van der Waals surface area contributed by atoms with Crippen LogP contribution in [0.3, 0.4) is 0 Å². The summed E-state index contributed by atoms with van der Waals surface area (Å²) < 4.78 is 4.60. The molecule has 96 valence electrons. The van der Waals surface area contributed by atoms with Gasteiger partial charge < -0.3 is 9.72 Å². The highest BCUT2D eigenvalue weighted by Gasteiger charge is 2.08. The highest BCUT2D eigenvalue weighted by atomic mass is 16.5. The molecular weight excluding hydrogens is 230 g/mol. The second kappa shape index (κ2) is 6.00. The van der Waals surface area contributed by atoms with E-state index in [-0.39, 0.29) is 5.43 Å². The molecule has 4 heteroatoms. The lowest BCUT2D eigenvalue weighted by atomic mass is 10.1. The molecule has 0 saturated heterocycles. The van der Waals surface area contributed by atoms with Gasteiger partial charge in [-0.25, -0.2) is 4.79 Å². The van der Waals surface area contributed by atoms with Gasteiger partial charge in [0.2, 0.25) is 0 Å². The maximum absolute atomic E-state index is 11.8. The Kier molecular flexibility index (Phi) is 4.66. The van der Waals surface area contributed by atoms with Crippen molar-refractivity contribution in [1.29, 1.82) is 0 Å². The van der Waals surface area contributed by atoms with Crippen molar-refractivity contribution in [3.05, 3.63) is 45.7 Å². The molecule has 0 aliphatic carbocycles. The largest absolute Gasteiger partial charge is 0.465 e. The van der Waals surface area contributed by atoms with Crippen LogP contribution in [-0.2, 0) is 4.74 Å². The number of esters is 1. The first kappa shape index (κ1) is 14.0. The molecule has 1 heterocycles. The molecule has 0 bridgehead atoms. The standard InChI is InChI=1S/C12H11NO3.C2H6/c1-7-6-13-10-4-3-8(12(15)16-2)5-9(10)11(7)14;1-2/h3-6H,1-2H3,(H,13,14);1-2H3. The zero-order valence-electron chi connectivity index (χ0n) is 11.0. The summed E-state index contributed by atoms with van der Waals surface area (Å²) >= 11 is 0. The van der Waals surface area contributed by atoms with Crippen molar-refractivity contribution in [3.8, 4) is 0 Å². The molecule has 1 aromatic carbocycles. The van der Waals surface area contributed by atoms with Gasteiger partial charge in [0.05, 0.1) is 12.7 Å². The molecule has 0 amide bonds. The van der Waals surface area contributed by atoms with Crippen molar-refractivity contribution >= 4 is 16.9 Å². The van der Waals surface area contributed by atoms with Gasteiger partial charge in [-0.2, -0.15) is 0 Å². The highest BCUT2D eigenvalue weighted by Crippen LogP contribution is 2.11. The Morgan fingerprint density at radius 2 is 1.94 bits per heavy atom. The number of aromatic amines is 1. The molecule has 0 aliphatic heterocycles. The smallest absolute Gasteiger partial charge is 0.337 e. The van der Waals surface area contributed by atoms with Gasteiger partial charge in [0.15, 0.2) is 5.43 Å². The van der Waals surface area contributed by atoms with E-state index in [0.717, 1.165) is 0 Å². The number of nitrogens with one attached hydrogen (secondary N) is 1. The molecule has 1 N–H and O–H groups in total. The summed E-state index contributed by atoms with van der Waals surface area (Å²) in [5, 5.41) is 0.503. The molecule has 0 aliphatic rings. The summed E-state index contributed by atoms with van der Waals surface area (Å²) in [5.74, 6) is -0.442. The molecule has 0 atom stereocenters. The van der Waals surface area contributed by atoms with Gasteiger partial charge in [0.1, 0.15) is 0 Å². The molecular formula is C14H17NO3. The van der Waals surface area contributed by atoms with Crippen molar-refractivity contribution in [3.63, 3.8) is 0 Å². The molecule has 2 rings (SSSR count). The number of methoxy groups -OCH3 is 1. The second-order valence-corrected chi connectivity index (χ2v) is 3.55. The number of H-pyrrole nitrogens is 1. The molecule has 4 nitrogen and oxygen atoms in total. The first-order valence-electron chi connectivity index (χ1n) is 5.84. The van der Waals surface area contributed by atoms with E-state index in [4.69, 9.17) is 0 Å². The van der Waals surface area contributed by atoms with E-state index in [2.05, 4.69) is 9.72 Å². The summed E-state index contributed by atoms with van der Waals surface area (Å²) in [6, 6.07) is 4.87. The lowest BCUT2D eigenvalue weighted by molar-refractivity contribution is 0.0601. The number of carbonyl (C=O) groups excluding carboxylic acids is 1. The van der Waals surface area contributed by atoms with Gasteiger partial charge in [0, 0.05) is 22.7 Å². The van der Waals surface area contributed by atoms with Gasteiger partial charge in [-0.1, -0.05) is 13.8 Å². The number of hydrogen-bond acceptors (Lipinski definition) is 3. The Bertz CT molecular complexity index is 614. The van der Waals surface area contributed by atoms with Crippen LogP contribution < -0.4 is 5.43 Å². The van der Waals surface area contributed by atoms with Crippen LogP contribution in [0, 0.1) is 6.92 Å². The predicted octanol–water partition coefficient (Wildman–Crippen LogP) is 2.65. The van der Waals surface area contributed by atoms with Gasteiger partial charge in [-0.3, -0.25) is 4.79 Å². The van der Waals surface area contributed by atoms with Crippen LogP contribution in [0.25, 0.3) is 10.9 Å². The third-order valence-corrected chi connectivity index (χ3v) is 2.49. The normalized spacial score (nSPS) is 9.56. The number of benzene rings is 1. The lowest BCUT2D eigenvalue weighted by Crippen LogP contribution is -2.08. The summed E-state index contributed by atoms with van der Waals surface area (Å²) in [5.41, 5.74) is 1.64. The zero-order valence-corrected chi connectivity index (χ0v) is 11.0. The third-order valence-electron chi connectivity index (χ3n) is 2.49. The maximum Gasteiger partial charge on any atom is 0.337 e.